The second-order valence-corrected chi connectivity index (χ2v) is 8.85. The summed E-state index contributed by atoms with van der Waals surface area (Å²) in [4.78, 5) is 0. The summed E-state index contributed by atoms with van der Waals surface area (Å²) in [6, 6.07) is 40.1. The van der Waals surface area contributed by atoms with E-state index < -0.39 is 0 Å². The number of rotatable bonds is 3. The zero-order valence-corrected chi connectivity index (χ0v) is 19.1. The third-order valence-electron chi connectivity index (χ3n) is 7.02. The predicted molar refractivity (Wildman–Crippen MR) is 144 cm³/mol. The Balaban J connectivity index is 1.65. The molecule has 6 rings (SSSR count). The van der Waals surface area contributed by atoms with Crippen LogP contribution in [0.25, 0.3) is 54.6 Å². The fourth-order valence-electron chi connectivity index (χ4n) is 5.44. The van der Waals surface area contributed by atoms with Gasteiger partial charge in [0.1, 0.15) is 0 Å². The average molecular weight is 423 g/mol. The minimum Gasteiger partial charge on any atom is -0.0620 e. The van der Waals surface area contributed by atoms with Crippen molar-refractivity contribution in [3.05, 3.63) is 120 Å². The Morgan fingerprint density at radius 3 is 1.61 bits per heavy atom. The largest absolute Gasteiger partial charge is 0.0620 e. The Morgan fingerprint density at radius 2 is 0.970 bits per heavy atom. The van der Waals surface area contributed by atoms with Crippen molar-refractivity contribution in [2.45, 2.75) is 20.3 Å². The number of fused-ring (bicyclic) bond motifs is 6. The highest BCUT2D eigenvalue weighted by molar-refractivity contribution is 6.25. The van der Waals surface area contributed by atoms with Crippen molar-refractivity contribution in [2.24, 2.45) is 0 Å². The lowest BCUT2D eigenvalue weighted by Gasteiger charge is -2.17. The highest BCUT2D eigenvalue weighted by Gasteiger charge is 2.14. The van der Waals surface area contributed by atoms with Crippen molar-refractivity contribution in [1.82, 2.24) is 0 Å². The lowest BCUT2D eigenvalue weighted by Crippen LogP contribution is -1.94. The molecule has 0 nitrogen and oxygen atoms in total. The molecule has 0 heterocycles. The lowest BCUT2D eigenvalue weighted by molar-refractivity contribution is 1.14. The van der Waals surface area contributed by atoms with Gasteiger partial charge in [0, 0.05) is 0 Å². The molecule has 0 unspecified atom stereocenters. The van der Waals surface area contributed by atoms with Crippen molar-refractivity contribution >= 4 is 32.3 Å². The summed E-state index contributed by atoms with van der Waals surface area (Å²) in [5.74, 6) is 0. The highest BCUT2D eigenvalue weighted by Crippen LogP contribution is 2.39. The molecule has 0 fully saturated rings. The lowest BCUT2D eigenvalue weighted by atomic mass is 9.87. The topological polar surface area (TPSA) is 0 Å². The molecule has 0 amide bonds. The van der Waals surface area contributed by atoms with Crippen LogP contribution in [0.5, 0.6) is 0 Å². The van der Waals surface area contributed by atoms with Gasteiger partial charge >= 0.3 is 0 Å². The number of benzene rings is 6. The van der Waals surface area contributed by atoms with E-state index in [1.807, 2.05) is 0 Å². The van der Waals surface area contributed by atoms with Crippen LogP contribution in [0.15, 0.2) is 109 Å². The standard InChI is InChI=1S/C33H26/c1-3-24-26(17-10-18-27(24)25-12-5-4-11-22(25)2)23-19-20-32-30-15-7-6-13-28(30)29-14-8-9-16-31(29)33(32)21-23/h4-21H,3H2,1-2H3. The van der Waals surface area contributed by atoms with Crippen molar-refractivity contribution in [3.8, 4) is 22.3 Å². The van der Waals surface area contributed by atoms with E-state index in [9.17, 15) is 0 Å². The monoisotopic (exact) mass is 422 g/mol. The van der Waals surface area contributed by atoms with E-state index in [0.29, 0.717) is 0 Å². The van der Waals surface area contributed by atoms with E-state index in [4.69, 9.17) is 0 Å². The minimum absolute atomic E-state index is 0.996. The molecule has 0 heteroatoms. The Bertz CT molecular complexity index is 1620. The zero-order valence-electron chi connectivity index (χ0n) is 19.1. The van der Waals surface area contributed by atoms with E-state index in [1.165, 1.54) is 65.7 Å². The smallest absolute Gasteiger partial charge is 0.00928 e. The normalized spacial score (nSPS) is 11.5. The van der Waals surface area contributed by atoms with Gasteiger partial charge in [-0.1, -0.05) is 110 Å². The minimum atomic E-state index is 0.996. The van der Waals surface area contributed by atoms with Crippen molar-refractivity contribution < 1.29 is 0 Å². The maximum atomic E-state index is 2.40. The van der Waals surface area contributed by atoms with Crippen LogP contribution in [0.3, 0.4) is 0 Å². The first-order valence-corrected chi connectivity index (χ1v) is 11.8. The molecule has 0 spiro atoms. The third kappa shape index (κ3) is 3.14. The molecule has 158 valence electrons. The van der Waals surface area contributed by atoms with Gasteiger partial charge in [-0.15, -0.1) is 0 Å². The number of hydrogen-bond acceptors (Lipinski definition) is 0. The fraction of sp³-hybridized carbons (Fsp3) is 0.0909. The molecule has 0 aliphatic heterocycles. The molecule has 0 saturated heterocycles. The summed E-state index contributed by atoms with van der Waals surface area (Å²) in [5, 5.41) is 7.93. The van der Waals surface area contributed by atoms with Crippen molar-refractivity contribution in [2.75, 3.05) is 0 Å². The maximum absolute atomic E-state index is 2.40. The first-order chi connectivity index (χ1) is 16.3. The molecular formula is C33H26. The van der Waals surface area contributed by atoms with E-state index in [1.54, 1.807) is 0 Å². The van der Waals surface area contributed by atoms with Crippen molar-refractivity contribution in [3.63, 3.8) is 0 Å². The zero-order chi connectivity index (χ0) is 22.4. The van der Waals surface area contributed by atoms with Gasteiger partial charge < -0.3 is 0 Å². The van der Waals surface area contributed by atoms with Gasteiger partial charge in [-0.2, -0.15) is 0 Å². The van der Waals surface area contributed by atoms with Gasteiger partial charge in [0.25, 0.3) is 0 Å². The Kier molecular flexibility index (Phi) is 4.73. The quantitative estimate of drug-likeness (QED) is 0.249. The molecule has 0 aliphatic carbocycles. The molecule has 0 radical (unpaired) electrons. The molecule has 6 aromatic rings. The van der Waals surface area contributed by atoms with Crippen LogP contribution in [-0.2, 0) is 6.42 Å². The van der Waals surface area contributed by atoms with Crippen molar-refractivity contribution in [1.29, 1.82) is 0 Å². The SMILES string of the molecule is CCc1c(-c2ccc3c4ccccc4c4ccccc4c3c2)cccc1-c1ccccc1C. The molecule has 33 heavy (non-hydrogen) atoms. The summed E-state index contributed by atoms with van der Waals surface area (Å²) in [6.07, 6.45) is 0.996. The third-order valence-corrected chi connectivity index (χ3v) is 7.02. The molecular weight excluding hydrogens is 396 g/mol. The molecule has 0 N–H and O–H groups in total. The van der Waals surface area contributed by atoms with Gasteiger partial charge in [0.2, 0.25) is 0 Å². The van der Waals surface area contributed by atoms with Crippen LogP contribution in [0, 0.1) is 6.92 Å². The summed E-state index contributed by atoms with van der Waals surface area (Å²) < 4.78 is 0. The van der Waals surface area contributed by atoms with Gasteiger partial charge in [0.15, 0.2) is 0 Å². The fourth-order valence-corrected chi connectivity index (χ4v) is 5.44. The van der Waals surface area contributed by atoms with Crippen LogP contribution in [0.1, 0.15) is 18.1 Å². The first kappa shape index (κ1) is 19.8. The molecule has 0 aromatic heterocycles. The first-order valence-electron chi connectivity index (χ1n) is 11.8. The maximum Gasteiger partial charge on any atom is -0.00928 e. The number of hydrogen-bond donors (Lipinski definition) is 0. The van der Waals surface area contributed by atoms with E-state index in [-0.39, 0.29) is 0 Å². The van der Waals surface area contributed by atoms with E-state index >= 15 is 0 Å². The number of aryl methyl sites for hydroxylation is 1. The van der Waals surface area contributed by atoms with Gasteiger partial charge in [-0.25, -0.2) is 0 Å². The van der Waals surface area contributed by atoms with Crippen LogP contribution >= 0.6 is 0 Å². The molecule has 0 bridgehead atoms. The van der Waals surface area contributed by atoms with Gasteiger partial charge in [-0.3, -0.25) is 0 Å². The van der Waals surface area contributed by atoms with E-state index in [2.05, 4.69) is 123 Å². The van der Waals surface area contributed by atoms with Crippen LogP contribution in [-0.4, -0.2) is 0 Å². The highest BCUT2D eigenvalue weighted by atomic mass is 14.2. The Hall–Kier alpha value is -3.90. The summed E-state index contributed by atoms with van der Waals surface area (Å²) in [6.45, 7) is 4.47. The summed E-state index contributed by atoms with van der Waals surface area (Å²) >= 11 is 0. The summed E-state index contributed by atoms with van der Waals surface area (Å²) in [7, 11) is 0. The predicted octanol–water partition coefficient (Wildman–Crippen LogP) is 9.35. The van der Waals surface area contributed by atoms with Crippen LogP contribution in [0.2, 0.25) is 0 Å². The van der Waals surface area contributed by atoms with Gasteiger partial charge in [0.05, 0.1) is 0 Å². The van der Waals surface area contributed by atoms with E-state index in [0.717, 1.165) is 6.42 Å². The molecule has 0 saturated carbocycles. The molecule has 0 aliphatic rings. The summed E-state index contributed by atoms with van der Waals surface area (Å²) in [5.41, 5.74) is 8.02. The molecule has 6 aromatic carbocycles. The average Bonchev–Trinajstić information content (AvgIpc) is 2.88. The second kappa shape index (κ2) is 7.90. The van der Waals surface area contributed by atoms with Crippen LogP contribution in [0.4, 0.5) is 0 Å². The Labute approximate surface area is 195 Å². The second-order valence-electron chi connectivity index (χ2n) is 8.85. The Morgan fingerprint density at radius 1 is 0.455 bits per heavy atom. The van der Waals surface area contributed by atoms with Gasteiger partial charge in [-0.05, 0) is 85.1 Å². The van der Waals surface area contributed by atoms with Crippen LogP contribution < -0.4 is 0 Å². The molecule has 0 atom stereocenters.